The topological polar surface area (TPSA) is 17.1 Å². The van der Waals surface area contributed by atoms with Crippen molar-refractivity contribution >= 4 is 17.5 Å². The van der Waals surface area contributed by atoms with E-state index in [9.17, 15) is 4.79 Å². The fraction of sp³-hybridized carbons (Fsp3) is 0.318. The summed E-state index contributed by atoms with van der Waals surface area (Å²) < 4.78 is 0.107. The Morgan fingerprint density at radius 2 is 1.71 bits per heavy atom. The van der Waals surface area contributed by atoms with Crippen LogP contribution >= 0.6 is 11.8 Å². The molecule has 1 nitrogen and oxygen atoms in total. The molecule has 2 aliphatic rings. The van der Waals surface area contributed by atoms with Crippen molar-refractivity contribution in [2.75, 3.05) is 0 Å². The van der Waals surface area contributed by atoms with E-state index in [1.165, 1.54) is 5.56 Å². The molecule has 1 saturated heterocycles. The molecule has 2 heteroatoms. The average Bonchev–Trinajstić information content (AvgIpc) is 3.37. The number of fused-ring (bicyclic) bond motifs is 1. The highest BCUT2D eigenvalue weighted by molar-refractivity contribution is 8.08. The van der Waals surface area contributed by atoms with Gasteiger partial charge in [0.1, 0.15) is 0 Å². The van der Waals surface area contributed by atoms with Gasteiger partial charge in [0.15, 0.2) is 5.78 Å². The second kappa shape index (κ2) is 5.93. The SMILES string of the molecule is CCCC1(C(=O)c2ccccc2)C=CC2(c3ccccc3)SC2C1. The molecule has 2 aromatic rings. The van der Waals surface area contributed by atoms with Gasteiger partial charge < -0.3 is 0 Å². The van der Waals surface area contributed by atoms with E-state index in [0.717, 1.165) is 24.8 Å². The number of allylic oxidation sites excluding steroid dienone is 1. The number of benzene rings is 2. The van der Waals surface area contributed by atoms with Crippen molar-refractivity contribution in [1.29, 1.82) is 0 Å². The molecule has 2 aromatic carbocycles. The first kappa shape index (κ1) is 15.7. The van der Waals surface area contributed by atoms with Crippen LogP contribution < -0.4 is 0 Å². The molecular formula is C22H22OS. The van der Waals surface area contributed by atoms with Crippen LogP contribution in [-0.2, 0) is 4.75 Å². The maximum Gasteiger partial charge on any atom is 0.172 e. The van der Waals surface area contributed by atoms with Gasteiger partial charge in [-0.1, -0.05) is 86.2 Å². The highest BCUT2D eigenvalue weighted by atomic mass is 32.2. The monoisotopic (exact) mass is 334 g/mol. The lowest BCUT2D eigenvalue weighted by Gasteiger charge is -2.33. The summed E-state index contributed by atoms with van der Waals surface area (Å²) in [6, 6.07) is 20.5. The molecule has 1 heterocycles. The predicted molar refractivity (Wildman–Crippen MR) is 101 cm³/mol. The van der Waals surface area contributed by atoms with E-state index >= 15 is 0 Å². The number of ketones is 1. The predicted octanol–water partition coefficient (Wildman–Crippen LogP) is 5.63. The highest BCUT2D eigenvalue weighted by Gasteiger charge is 2.60. The maximum absolute atomic E-state index is 13.3. The van der Waals surface area contributed by atoms with Crippen LogP contribution in [-0.4, -0.2) is 11.0 Å². The summed E-state index contributed by atoms with van der Waals surface area (Å²) in [5.74, 6) is 0.287. The van der Waals surface area contributed by atoms with Gasteiger partial charge in [-0.25, -0.2) is 0 Å². The molecule has 0 amide bonds. The van der Waals surface area contributed by atoms with Crippen molar-refractivity contribution in [2.24, 2.45) is 5.41 Å². The van der Waals surface area contributed by atoms with Crippen molar-refractivity contribution in [3.63, 3.8) is 0 Å². The van der Waals surface area contributed by atoms with Gasteiger partial charge in [0.2, 0.25) is 0 Å². The first-order chi connectivity index (χ1) is 11.7. The molecule has 3 atom stereocenters. The van der Waals surface area contributed by atoms with Gasteiger partial charge in [0, 0.05) is 10.8 Å². The van der Waals surface area contributed by atoms with Crippen molar-refractivity contribution in [3.8, 4) is 0 Å². The third-order valence-electron chi connectivity index (χ3n) is 5.37. The maximum atomic E-state index is 13.3. The molecule has 1 aliphatic carbocycles. The van der Waals surface area contributed by atoms with E-state index in [-0.39, 0.29) is 15.9 Å². The second-order valence-electron chi connectivity index (χ2n) is 6.90. The molecule has 24 heavy (non-hydrogen) atoms. The minimum absolute atomic E-state index is 0.107. The number of hydrogen-bond acceptors (Lipinski definition) is 2. The van der Waals surface area contributed by atoms with Gasteiger partial charge in [-0.3, -0.25) is 4.79 Å². The number of carbonyl (C=O) groups is 1. The van der Waals surface area contributed by atoms with Gasteiger partial charge >= 0.3 is 0 Å². The molecule has 1 aliphatic heterocycles. The minimum Gasteiger partial charge on any atom is -0.293 e. The van der Waals surface area contributed by atoms with Crippen LogP contribution in [0.25, 0.3) is 0 Å². The van der Waals surface area contributed by atoms with Crippen molar-refractivity contribution in [2.45, 2.75) is 36.2 Å². The first-order valence-electron chi connectivity index (χ1n) is 8.74. The quantitative estimate of drug-likeness (QED) is 0.401. The summed E-state index contributed by atoms with van der Waals surface area (Å²) in [4.78, 5) is 13.3. The first-order valence-corrected chi connectivity index (χ1v) is 9.62. The van der Waals surface area contributed by atoms with Gasteiger partial charge in [-0.15, -0.1) is 11.8 Å². The third kappa shape index (κ3) is 2.44. The van der Waals surface area contributed by atoms with E-state index in [4.69, 9.17) is 0 Å². The lowest BCUT2D eigenvalue weighted by molar-refractivity contribution is 0.0822. The molecular weight excluding hydrogens is 312 g/mol. The van der Waals surface area contributed by atoms with Gasteiger partial charge in [-0.05, 0) is 18.4 Å². The summed E-state index contributed by atoms with van der Waals surface area (Å²) in [5, 5.41) is 0.518. The number of hydrogen-bond donors (Lipinski definition) is 0. The van der Waals surface area contributed by atoms with Crippen LogP contribution in [0.5, 0.6) is 0 Å². The van der Waals surface area contributed by atoms with E-state index in [1.807, 2.05) is 42.1 Å². The van der Waals surface area contributed by atoms with Crippen LogP contribution in [0.4, 0.5) is 0 Å². The number of thioether (sulfide) groups is 1. The zero-order valence-corrected chi connectivity index (χ0v) is 14.8. The molecule has 4 rings (SSSR count). The summed E-state index contributed by atoms with van der Waals surface area (Å²) in [6.45, 7) is 2.17. The van der Waals surface area contributed by atoms with E-state index in [0.29, 0.717) is 5.25 Å². The molecule has 1 fully saturated rings. The largest absolute Gasteiger partial charge is 0.293 e. The van der Waals surface area contributed by atoms with Crippen molar-refractivity contribution in [3.05, 3.63) is 83.9 Å². The molecule has 0 bridgehead atoms. The van der Waals surface area contributed by atoms with E-state index in [2.05, 4.69) is 49.4 Å². The summed E-state index contributed by atoms with van der Waals surface area (Å²) in [6.07, 6.45) is 7.45. The van der Waals surface area contributed by atoms with Crippen LogP contribution in [0, 0.1) is 5.41 Å². The van der Waals surface area contributed by atoms with Crippen molar-refractivity contribution < 1.29 is 4.79 Å². The Hall–Kier alpha value is -1.80. The number of carbonyl (C=O) groups excluding carboxylic acids is 1. The van der Waals surface area contributed by atoms with Crippen LogP contribution in [0.2, 0.25) is 0 Å². The summed E-state index contributed by atoms with van der Waals surface area (Å²) in [5.41, 5.74) is 1.88. The zero-order valence-electron chi connectivity index (χ0n) is 13.9. The molecule has 0 radical (unpaired) electrons. The molecule has 0 spiro atoms. The Morgan fingerprint density at radius 3 is 2.33 bits per heavy atom. The Labute approximate surface area is 148 Å². The summed E-state index contributed by atoms with van der Waals surface area (Å²) >= 11 is 2.00. The smallest absolute Gasteiger partial charge is 0.172 e. The Balaban J connectivity index is 1.68. The van der Waals surface area contributed by atoms with Crippen LogP contribution in [0.3, 0.4) is 0 Å². The van der Waals surface area contributed by atoms with E-state index in [1.54, 1.807) is 0 Å². The second-order valence-corrected chi connectivity index (χ2v) is 8.38. The Morgan fingerprint density at radius 1 is 1.04 bits per heavy atom. The normalized spacial score (nSPS) is 30.6. The minimum atomic E-state index is -0.331. The fourth-order valence-corrected chi connectivity index (χ4v) is 5.56. The lowest BCUT2D eigenvalue weighted by atomic mass is 9.68. The van der Waals surface area contributed by atoms with Gasteiger partial charge in [-0.2, -0.15) is 0 Å². The molecule has 0 N–H and O–H groups in total. The Kier molecular flexibility index (Phi) is 3.88. The van der Waals surface area contributed by atoms with Gasteiger partial charge in [0.05, 0.1) is 10.2 Å². The number of rotatable bonds is 5. The Bertz CT molecular complexity index is 767. The number of Topliss-reactive ketones (excluding diaryl/α,β-unsaturated/α-hetero) is 1. The summed E-state index contributed by atoms with van der Waals surface area (Å²) in [7, 11) is 0. The molecule has 3 unspecified atom stereocenters. The van der Waals surface area contributed by atoms with Gasteiger partial charge in [0.25, 0.3) is 0 Å². The molecule has 0 aromatic heterocycles. The van der Waals surface area contributed by atoms with E-state index < -0.39 is 0 Å². The molecule has 0 saturated carbocycles. The van der Waals surface area contributed by atoms with Crippen molar-refractivity contribution in [1.82, 2.24) is 0 Å². The fourth-order valence-electron chi connectivity index (χ4n) is 4.06. The molecule has 122 valence electrons. The third-order valence-corrected chi connectivity index (χ3v) is 6.98. The average molecular weight is 334 g/mol. The van der Waals surface area contributed by atoms with Crippen LogP contribution in [0.1, 0.15) is 42.1 Å². The van der Waals surface area contributed by atoms with Crippen LogP contribution in [0.15, 0.2) is 72.8 Å². The lowest BCUT2D eigenvalue weighted by Crippen LogP contribution is -2.35. The zero-order chi connectivity index (χ0) is 16.6. The highest BCUT2D eigenvalue weighted by Crippen LogP contribution is 2.68. The standard InChI is InChI=1S/C22H22OS/c1-2-13-21(20(23)17-9-5-3-6-10-17)14-15-22(19(16-21)24-22)18-11-7-4-8-12-18/h3-12,14-15,19H,2,13,16H2,1H3.